The van der Waals surface area contributed by atoms with Crippen LogP contribution in [0.1, 0.15) is 24.2 Å². The van der Waals surface area contributed by atoms with Crippen LogP contribution >= 0.6 is 0 Å². The highest BCUT2D eigenvalue weighted by atomic mass is 16.5. The summed E-state index contributed by atoms with van der Waals surface area (Å²) in [6, 6.07) is 0. The third-order valence-corrected chi connectivity index (χ3v) is 2.95. The van der Waals surface area contributed by atoms with Crippen molar-refractivity contribution in [2.24, 2.45) is 10.7 Å². The number of nitrogens with zero attached hydrogens (tertiary/aromatic N) is 2. The fourth-order valence-corrected chi connectivity index (χ4v) is 1.87. The van der Waals surface area contributed by atoms with Gasteiger partial charge >= 0.3 is 0 Å². The van der Waals surface area contributed by atoms with Crippen LogP contribution in [0.3, 0.4) is 0 Å². The number of nitrogens with two attached hydrogens (primary N) is 1. The van der Waals surface area contributed by atoms with Gasteiger partial charge in [0.25, 0.3) is 5.56 Å². The van der Waals surface area contributed by atoms with Crippen molar-refractivity contribution >= 4 is 5.96 Å². The third-order valence-electron chi connectivity index (χ3n) is 2.95. The van der Waals surface area contributed by atoms with Gasteiger partial charge in [0, 0.05) is 19.3 Å². The zero-order valence-electron chi connectivity index (χ0n) is 11.0. The SMILES string of the molecule is Cc1ncc(CN=C(N)NCC2CCCO2)c(=O)[nH]1. The Kier molecular flexibility index (Phi) is 4.51. The van der Waals surface area contributed by atoms with Crippen molar-refractivity contribution in [3.8, 4) is 0 Å². The van der Waals surface area contributed by atoms with Crippen LogP contribution in [-0.2, 0) is 11.3 Å². The number of nitrogens with one attached hydrogen (secondary N) is 2. The average molecular weight is 265 g/mol. The van der Waals surface area contributed by atoms with Gasteiger partial charge in [0.15, 0.2) is 5.96 Å². The average Bonchev–Trinajstić information content (AvgIpc) is 2.88. The maximum absolute atomic E-state index is 11.6. The molecule has 2 heterocycles. The Morgan fingerprint density at radius 3 is 3.26 bits per heavy atom. The van der Waals surface area contributed by atoms with Crippen LogP contribution < -0.4 is 16.6 Å². The number of aliphatic imine (C=N–C) groups is 1. The zero-order chi connectivity index (χ0) is 13.7. The summed E-state index contributed by atoms with van der Waals surface area (Å²) in [6.07, 6.45) is 3.86. The molecule has 1 aromatic heterocycles. The Morgan fingerprint density at radius 1 is 1.74 bits per heavy atom. The smallest absolute Gasteiger partial charge is 0.255 e. The number of aryl methyl sites for hydroxylation is 1. The summed E-state index contributed by atoms with van der Waals surface area (Å²) in [6.45, 7) is 3.41. The largest absolute Gasteiger partial charge is 0.376 e. The topological polar surface area (TPSA) is 105 Å². The Balaban J connectivity index is 1.84. The molecular formula is C12H19N5O2. The van der Waals surface area contributed by atoms with E-state index < -0.39 is 0 Å². The summed E-state index contributed by atoms with van der Waals surface area (Å²) < 4.78 is 5.46. The number of ether oxygens (including phenoxy) is 1. The lowest BCUT2D eigenvalue weighted by atomic mass is 10.2. The van der Waals surface area contributed by atoms with Gasteiger partial charge in [-0.2, -0.15) is 0 Å². The number of aromatic amines is 1. The maximum atomic E-state index is 11.6. The van der Waals surface area contributed by atoms with Gasteiger partial charge in [-0.15, -0.1) is 0 Å². The van der Waals surface area contributed by atoms with Gasteiger partial charge in [0.1, 0.15) is 5.82 Å². The van der Waals surface area contributed by atoms with Crippen molar-refractivity contribution in [2.75, 3.05) is 13.2 Å². The summed E-state index contributed by atoms with van der Waals surface area (Å²) >= 11 is 0. The molecule has 1 saturated heterocycles. The van der Waals surface area contributed by atoms with E-state index in [1.54, 1.807) is 6.92 Å². The molecule has 0 amide bonds. The summed E-state index contributed by atoms with van der Waals surface area (Å²) in [4.78, 5) is 22.3. The monoisotopic (exact) mass is 265 g/mol. The fraction of sp³-hybridized carbons (Fsp3) is 0.583. The highest BCUT2D eigenvalue weighted by Gasteiger charge is 2.14. The molecule has 1 aromatic rings. The molecule has 1 fully saturated rings. The molecule has 1 atom stereocenters. The van der Waals surface area contributed by atoms with Crippen molar-refractivity contribution in [1.82, 2.24) is 15.3 Å². The van der Waals surface area contributed by atoms with Gasteiger partial charge in [0.2, 0.25) is 0 Å². The van der Waals surface area contributed by atoms with Crippen LogP contribution in [0.2, 0.25) is 0 Å². The zero-order valence-corrected chi connectivity index (χ0v) is 11.0. The molecular weight excluding hydrogens is 246 g/mol. The molecule has 0 radical (unpaired) electrons. The van der Waals surface area contributed by atoms with E-state index in [0.717, 1.165) is 19.4 Å². The highest BCUT2D eigenvalue weighted by molar-refractivity contribution is 5.77. The lowest BCUT2D eigenvalue weighted by Gasteiger charge is -2.10. The van der Waals surface area contributed by atoms with Crippen molar-refractivity contribution < 1.29 is 4.74 Å². The first-order valence-electron chi connectivity index (χ1n) is 6.35. The van der Waals surface area contributed by atoms with Crippen LogP contribution in [0, 0.1) is 6.92 Å². The lowest BCUT2D eigenvalue weighted by Crippen LogP contribution is -2.37. The first kappa shape index (κ1) is 13.5. The van der Waals surface area contributed by atoms with Gasteiger partial charge in [-0.1, -0.05) is 0 Å². The normalized spacial score (nSPS) is 19.6. The molecule has 1 unspecified atom stereocenters. The summed E-state index contributed by atoms with van der Waals surface area (Å²) in [5.74, 6) is 0.901. The van der Waals surface area contributed by atoms with E-state index in [2.05, 4.69) is 20.3 Å². The van der Waals surface area contributed by atoms with Gasteiger partial charge in [0.05, 0.1) is 18.2 Å². The van der Waals surface area contributed by atoms with Crippen molar-refractivity contribution in [3.63, 3.8) is 0 Å². The molecule has 0 aliphatic carbocycles. The Bertz CT molecular complexity index is 505. The molecule has 0 aromatic carbocycles. The molecule has 4 N–H and O–H groups in total. The van der Waals surface area contributed by atoms with Crippen LogP contribution in [0.25, 0.3) is 0 Å². The molecule has 1 aliphatic heterocycles. The maximum Gasteiger partial charge on any atom is 0.255 e. The van der Waals surface area contributed by atoms with Crippen molar-refractivity contribution in [2.45, 2.75) is 32.4 Å². The lowest BCUT2D eigenvalue weighted by molar-refractivity contribution is 0.114. The summed E-state index contributed by atoms with van der Waals surface area (Å²) in [5, 5.41) is 3.00. The fourth-order valence-electron chi connectivity index (χ4n) is 1.87. The molecule has 19 heavy (non-hydrogen) atoms. The molecule has 0 bridgehead atoms. The first-order valence-corrected chi connectivity index (χ1v) is 6.35. The van der Waals surface area contributed by atoms with Crippen LogP contribution in [-0.4, -0.2) is 35.2 Å². The molecule has 0 saturated carbocycles. The number of rotatable bonds is 4. The second-order valence-corrected chi connectivity index (χ2v) is 4.54. The number of guanidine groups is 1. The summed E-state index contributed by atoms with van der Waals surface area (Å²) in [5.41, 5.74) is 6.05. The van der Waals surface area contributed by atoms with Crippen molar-refractivity contribution in [1.29, 1.82) is 0 Å². The molecule has 2 rings (SSSR count). The third kappa shape index (κ3) is 4.06. The van der Waals surface area contributed by atoms with E-state index in [-0.39, 0.29) is 18.2 Å². The van der Waals surface area contributed by atoms with E-state index in [1.807, 2.05) is 0 Å². The quantitative estimate of drug-likeness (QED) is 0.510. The Morgan fingerprint density at radius 2 is 2.58 bits per heavy atom. The number of aromatic nitrogens is 2. The van der Waals surface area contributed by atoms with Gasteiger partial charge < -0.3 is 20.8 Å². The predicted octanol–water partition coefficient (Wildman–Crippen LogP) is -0.338. The standard InChI is InChI=1S/C12H19N5O2/c1-8-14-5-9(11(18)17-8)6-15-12(13)16-7-10-3-2-4-19-10/h5,10H,2-4,6-7H2,1H3,(H3,13,15,16)(H,14,17,18). The van der Waals surface area contributed by atoms with Gasteiger partial charge in [-0.25, -0.2) is 9.98 Å². The van der Waals surface area contributed by atoms with Crippen LogP contribution in [0.15, 0.2) is 16.0 Å². The second-order valence-electron chi connectivity index (χ2n) is 4.54. The Hall–Kier alpha value is -1.89. The van der Waals surface area contributed by atoms with Crippen LogP contribution in [0.5, 0.6) is 0 Å². The van der Waals surface area contributed by atoms with Gasteiger partial charge in [-0.3, -0.25) is 4.79 Å². The van der Waals surface area contributed by atoms with Crippen molar-refractivity contribution in [3.05, 3.63) is 27.9 Å². The van der Waals surface area contributed by atoms with E-state index in [4.69, 9.17) is 10.5 Å². The number of H-pyrrole nitrogens is 1. The number of hydrogen-bond donors (Lipinski definition) is 3. The number of hydrogen-bond acceptors (Lipinski definition) is 4. The molecule has 7 heteroatoms. The van der Waals surface area contributed by atoms with E-state index in [0.29, 0.717) is 23.9 Å². The first-order chi connectivity index (χ1) is 9.15. The molecule has 0 spiro atoms. The van der Waals surface area contributed by atoms with E-state index >= 15 is 0 Å². The Labute approximate surface area is 111 Å². The van der Waals surface area contributed by atoms with Gasteiger partial charge in [-0.05, 0) is 19.8 Å². The summed E-state index contributed by atoms with van der Waals surface area (Å²) in [7, 11) is 0. The highest BCUT2D eigenvalue weighted by Crippen LogP contribution is 2.10. The second kappa shape index (κ2) is 6.33. The molecule has 7 nitrogen and oxygen atoms in total. The van der Waals surface area contributed by atoms with E-state index in [9.17, 15) is 4.79 Å². The van der Waals surface area contributed by atoms with Crippen LogP contribution in [0.4, 0.5) is 0 Å². The minimum atomic E-state index is -0.178. The minimum Gasteiger partial charge on any atom is -0.376 e. The predicted molar refractivity (Wildman–Crippen MR) is 71.9 cm³/mol. The molecule has 104 valence electrons. The van der Waals surface area contributed by atoms with E-state index in [1.165, 1.54) is 6.20 Å². The minimum absolute atomic E-state index is 0.178. The molecule has 1 aliphatic rings.